The summed E-state index contributed by atoms with van der Waals surface area (Å²) in [6, 6.07) is 3.97. The van der Waals surface area contributed by atoms with Crippen molar-refractivity contribution in [1.82, 2.24) is 4.90 Å². The Bertz CT molecular complexity index is 372. The van der Waals surface area contributed by atoms with Gasteiger partial charge in [-0.25, -0.2) is 4.99 Å². The van der Waals surface area contributed by atoms with Gasteiger partial charge in [-0.15, -0.1) is 0 Å². The average Bonchev–Trinajstić information content (AvgIpc) is 2.15. The quantitative estimate of drug-likeness (QED) is 0.627. The van der Waals surface area contributed by atoms with Crippen LogP contribution in [0.2, 0.25) is 0 Å². The summed E-state index contributed by atoms with van der Waals surface area (Å²) in [5.74, 6) is 0. The Hall–Kier alpha value is -1.35. The molecule has 0 saturated carbocycles. The normalized spacial score (nSPS) is 13.1. The molecule has 0 heterocycles. The number of aliphatic hydroxyl groups excluding tert-OH is 1. The number of hydrogen-bond donors (Lipinski definition) is 1. The van der Waals surface area contributed by atoms with Crippen molar-refractivity contribution in [2.45, 2.75) is 26.9 Å². The Balaban J connectivity index is 3.13. The van der Waals surface area contributed by atoms with Crippen molar-refractivity contribution in [3.63, 3.8) is 0 Å². The molecule has 0 amide bonds. The molecule has 0 fully saturated rings. The number of rotatable bonds is 3. The van der Waals surface area contributed by atoms with Crippen LogP contribution in [0.25, 0.3) is 0 Å². The lowest BCUT2D eigenvalue weighted by molar-refractivity contribution is 0.199. The highest BCUT2D eigenvalue weighted by molar-refractivity contribution is 5.65. The highest BCUT2D eigenvalue weighted by Crippen LogP contribution is 2.27. The summed E-state index contributed by atoms with van der Waals surface area (Å²) in [5, 5.41) is 9.53. The van der Waals surface area contributed by atoms with E-state index in [1.807, 2.05) is 45.0 Å². The fraction of sp³-hybridized carbons (Fsp3) is 0.462. The molecule has 0 bridgehead atoms. The van der Waals surface area contributed by atoms with Crippen molar-refractivity contribution in [3.8, 4) is 0 Å². The maximum atomic E-state index is 9.53. The summed E-state index contributed by atoms with van der Waals surface area (Å²) in [6.45, 7) is 5.80. The molecule has 88 valence electrons. The average molecular weight is 220 g/mol. The van der Waals surface area contributed by atoms with Crippen molar-refractivity contribution in [1.29, 1.82) is 0 Å². The second kappa shape index (κ2) is 5.12. The van der Waals surface area contributed by atoms with E-state index >= 15 is 0 Å². The number of aliphatic hydroxyl groups is 1. The molecular weight excluding hydrogens is 200 g/mol. The van der Waals surface area contributed by atoms with E-state index in [0.717, 1.165) is 22.4 Å². The van der Waals surface area contributed by atoms with Gasteiger partial charge in [-0.3, -0.25) is 0 Å². The van der Waals surface area contributed by atoms with E-state index in [-0.39, 0.29) is 0 Å². The minimum Gasteiger partial charge on any atom is -0.389 e. The molecule has 1 aromatic rings. The van der Waals surface area contributed by atoms with E-state index in [0.29, 0.717) is 0 Å². The van der Waals surface area contributed by atoms with Gasteiger partial charge in [-0.2, -0.15) is 0 Å². The lowest BCUT2D eigenvalue weighted by Crippen LogP contribution is -2.07. The first-order valence-electron chi connectivity index (χ1n) is 5.41. The number of nitrogens with zero attached hydrogens (tertiary/aromatic N) is 2. The molecular formula is C13H20N2O. The summed E-state index contributed by atoms with van der Waals surface area (Å²) >= 11 is 0. The first kappa shape index (κ1) is 12.7. The first-order chi connectivity index (χ1) is 7.41. The summed E-state index contributed by atoms with van der Waals surface area (Å²) in [6.07, 6.45) is 1.36. The SMILES string of the molecule is Cc1cc(C(C)O)cc(C)c1N=CN(C)C. The van der Waals surface area contributed by atoms with Gasteiger partial charge in [0.2, 0.25) is 0 Å². The predicted molar refractivity (Wildman–Crippen MR) is 68.4 cm³/mol. The molecule has 0 radical (unpaired) electrons. The summed E-state index contributed by atoms with van der Waals surface area (Å²) in [5.41, 5.74) is 4.11. The van der Waals surface area contributed by atoms with Crippen molar-refractivity contribution in [2.75, 3.05) is 14.1 Å². The minimum atomic E-state index is -0.427. The predicted octanol–water partition coefficient (Wildman–Crippen LogP) is 2.58. The zero-order chi connectivity index (χ0) is 12.3. The number of aliphatic imine (C=N–C) groups is 1. The van der Waals surface area contributed by atoms with Crippen LogP contribution >= 0.6 is 0 Å². The minimum absolute atomic E-state index is 0.427. The van der Waals surface area contributed by atoms with Crippen molar-refractivity contribution in [3.05, 3.63) is 28.8 Å². The van der Waals surface area contributed by atoms with E-state index in [4.69, 9.17) is 0 Å². The van der Waals surface area contributed by atoms with Gasteiger partial charge in [0.1, 0.15) is 0 Å². The Labute approximate surface area is 97.4 Å². The molecule has 1 aromatic carbocycles. The van der Waals surface area contributed by atoms with Crippen molar-refractivity contribution in [2.24, 2.45) is 4.99 Å². The van der Waals surface area contributed by atoms with Crippen LogP contribution in [0.1, 0.15) is 29.7 Å². The van der Waals surface area contributed by atoms with Crippen LogP contribution in [0, 0.1) is 13.8 Å². The first-order valence-corrected chi connectivity index (χ1v) is 5.41. The van der Waals surface area contributed by atoms with Gasteiger partial charge in [0.25, 0.3) is 0 Å². The molecule has 0 aromatic heterocycles. The fourth-order valence-electron chi connectivity index (χ4n) is 1.61. The lowest BCUT2D eigenvalue weighted by Gasteiger charge is -2.11. The monoisotopic (exact) mass is 220 g/mol. The van der Waals surface area contributed by atoms with Crippen LogP contribution in [-0.4, -0.2) is 30.4 Å². The van der Waals surface area contributed by atoms with E-state index < -0.39 is 6.10 Å². The third-order valence-corrected chi connectivity index (χ3v) is 2.41. The largest absolute Gasteiger partial charge is 0.389 e. The van der Waals surface area contributed by atoms with Gasteiger partial charge >= 0.3 is 0 Å². The summed E-state index contributed by atoms with van der Waals surface area (Å²) < 4.78 is 0. The number of hydrogen-bond acceptors (Lipinski definition) is 2. The van der Waals surface area contributed by atoms with Crippen LogP contribution in [0.15, 0.2) is 17.1 Å². The molecule has 0 saturated heterocycles. The van der Waals surface area contributed by atoms with Gasteiger partial charge in [0, 0.05) is 14.1 Å². The zero-order valence-corrected chi connectivity index (χ0v) is 10.7. The van der Waals surface area contributed by atoms with Crippen LogP contribution in [0.5, 0.6) is 0 Å². The Kier molecular flexibility index (Phi) is 4.07. The molecule has 1 unspecified atom stereocenters. The van der Waals surface area contributed by atoms with Crippen LogP contribution in [0.4, 0.5) is 5.69 Å². The van der Waals surface area contributed by atoms with E-state index in [1.54, 1.807) is 13.3 Å². The summed E-state index contributed by atoms with van der Waals surface area (Å²) in [4.78, 5) is 6.33. The number of benzene rings is 1. The second-order valence-corrected chi connectivity index (χ2v) is 4.39. The molecule has 16 heavy (non-hydrogen) atoms. The standard InChI is InChI=1S/C13H20N2O/c1-9-6-12(11(3)16)7-10(2)13(9)14-8-15(4)5/h6-8,11,16H,1-5H3. The molecule has 0 spiro atoms. The molecule has 0 aliphatic heterocycles. The van der Waals surface area contributed by atoms with Gasteiger partial charge < -0.3 is 10.0 Å². The van der Waals surface area contributed by atoms with Gasteiger partial charge in [0.15, 0.2) is 0 Å². The van der Waals surface area contributed by atoms with Crippen molar-refractivity contribution < 1.29 is 5.11 Å². The van der Waals surface area contributed by atoms with Crippen LogP contribution < -0.4 is 0 Å². The molecule has 3 heteroatoms. The maximum absolute atomic E-state index is 9.53. The zero-order valence-electron chi connectivity index (χ0n) is 10.7. The lowest BCUT2D eigenvalue weighted by atomic mass is 10.0. The molecule has 3 nitrogen and oxygen atoms in total. The van der Waals surface area contributed by atoms with Crippen LogP contribution in [0.3, 0.4) is 0 Å². The fourth-order valence-corrected chi connectivity index (χ4v) is 1.61. The third kappa shape index (κ3) is 3.07. The molecule has 0 aliphatic carbocycles. The van der Waals surface area contributed by atoms with Gasteiger partial charge in [0.05, 0.1) is 18.1 Å². The van der Waals surface area contributed by atoms with Gasteiger partial charge in [-0.1, -0.05) is 12.1 Å². The van der Waals surface area contributed by atoms with Crippen molar-refractivity contribution >= 4 is 12.0 Å². The van der Waals surface area contributed by atoms with E-state index in [9.17, 15) is 5.11 Å². The summed E-state index contributed by atoms with van der Waals surface area (Å²) in [7, 11) is 3.89. The number of aryl methyl sites for hydroxylation is 2. The molecule has 1 rings (SSSR count). The Morgan fingerprint density at radius 2 is 1.75 bits per heavy atom. The topological polar surface area (TPSA) is 35.8 Å². The third-order valence-electron chi connectivity index (χ3n) is 2.41. The van der Waals surface area contributed by atoms with Gasteiger partial charge in [-0.05, 0) is 37.5 Å². The van der Waals surface area contributed by atoms with E-state index in [2.05, 4.69) is 4.99 Å². The van der Waals surface area contributed by atoms with E-state index in [1.165, 1.54) is 0 Å². The van der Waals surface area contributed by atoms with Crippen LogP contribution in [-0.2, 0) is 0 Å². The Morgan fingerprint density at radius 3 is 2.12 bits per heavy atom. The highest BCUT2D eigenvalue weighted by Gasteiger charge is 2.07. The molecule has 1 N–H and O–H groups in total. The smallest absolute Gasteiger partial charge is 0.0907 e. The Morgan fingerprint density at radius 1 is 1.25 bits per heavy atom. The highest BCUT2D eigenvalue weighted by atomic mass is 16.3. The molecule has 1 atom stereocenters. The molecule has 0 aliphatic rings. The second-order valence-electron chi connectivity index (χ2n) is 4.39. The maximum Gasteiger partial charge on any atom is 0.0907 e.